The summed E-state index contributed by atoms with van der Waals surface area (Å²) in [5.41, 5.74) is 5.16. The molecule has 1 heterocycles. The normalized spacial score (nSPS) is 14.1. The lowest BCUT2D eigenvalue weighted by Gasteiger charge is -2.19. The van der Waals surface area contributed by atoms with E-state index in [0.717, 1.165) is 65.4 Å². The van der Waals surface area contributed by atoms with Crippen LogP contribution in [0.4, 0.5) is 0 Å². The van der Waals surface area contributed by atoms with Crippen LogP contribution in [0.3, 0.4) is 0 Å². The van der Waals surface area contributed by atoms with Crippen LogP contribution < -0.4 is 0 Å². The highest BCUT2D eigenvalue weighted by molar-refractivity contribution is 6.25. The standard InChI is InChI=1S/C50H30O/c1-2-13-34-29-36(26-23-31(34)11-1)47-39-16-5-7-18-41(39)48(42-19-8-6-17-40(42)47)43-21-9-14-33-24-25-35(30-44(33)43)38-20-10-22-45-50(38)49-37-15-4-3-12-32(37)27-28-46(49)51-45/h1-30H/i5D,6D,7D,8D,16D,17D,18D,19D. The third-order valence-corrected chi connectivity index (χ3v) is 10.3. The van der Waals surface area contributed by atoms with E-state index in [2.05, 4.69) is 36.4 Å². The summed E-state index contributed by atoms with van der Waals surface area (Å²) in [5, 5.41) is 8.34. The second-order valence-corrected chi connectivity index (χ2v) is 13.0. The van der Waals surface area contributed by atoms with Crippen LogP contribution in [0.2, 0.25) is 0 Å². The number of furan rings is 1. The SMILES string of the molecule is [2H]c1c([2H])c([2H])c2c(-c3cccc4ccc(-c5cccc6oc7ccc8ccccc8c7c56)cc34)c3c([2H])c([2H])c([2H])c([2H])c3c(-c3ccc4ccccc4c3)c2c1[2H]. The van der Waals surface area contributed by atoms with Gasteiger partial charge in [0.15, 0.2) is 0 Å². The van der Waals surface area contributed by atoms with Gasteiger partial charge >= 0.3 is 0 Å². The zero-order valence-electron chi connectivity index (χ0n) is 35.1. The molecule has 0 aliphatic carbocycles. The van der Waals surface area contributed by atoms with Crippen molar-refractivity contribution in [1.82, 2.24) is 0 Å². The van der Waals surface area contributed by atoms with Crippen LogP contribution in [0.5, 0.6) is 0 Å². The second-order valence-electron chi connectivity index (χ2n) is 13.0. The molecule has 1 heteroatoms. The molecule has 0 aliphatic rings. The van der Waals surface area contributed by atoms with Crippen molar-refractivity contribution in [3.63, 3.8) is 0 Å². The Morgan fingerprint density at radius 2 is 0.922 bits per heavy atom. The van der Waals surface area contributed by atoms with Crippen molar-refractivity contribution in [2.24, 2.45) is 0 Å². The van der Waals surface area contributed by atoms with E-state index in [1.807, 2.05) is 97.1 Å². The highest BCUT2D eigenvalue weighted by Crippen LogP contribution is 2.47. The molecular weight excluding hydrogens is 617 g/mol. The summed E-state index contributed by atoms with van der Waals surface area (Å²) in [6, 6.07) is 40.8. The first-order valence-electron chi connectivity index (χ1n) is 20.9. The van der Waals surface area contributed by atoms with Crippen LogP contribution in [0.25, 0.3) is 109 Å². The molecular formula is C50H30O. The van der Waals surface area contributed by atoms with Crippen LogP contribution in [-0.4, -0.2) is 0 Å². The van der Waals surface area contributed by atoms with Gasteiger partial charge in [0.05, 0.1) is 11.0 Å². The van der Waals surface area contributed by atoms with Crippen LogP contribution >= 0.6 is 0 Å². The van der Waals surface area contributed by atoms with E-state index < -0.39 is 24.2 Å². The van der Waals surface area contributed by atoms with E-state index in [0.29, 0.717) is 22.3 Å². The Morgan fingerprint density at radius 3 is 1.73 bits per heavy atom. The van der Waals surface area contributed by atoms with Crippen LogP contribution in [0.15, 0.2) is 186 Å². The molecule has 0 fully saturated rings. The predicted molar refractivity (Wildman–Crippen MR) is 218 cm³/mol. The summed E-state index contributed by atoms with van der Waals surface area (Å²) in [4.78, 5) is 0. The molecule has 10 aromatic carbocycles. The zero-order chi connectivity index (χ0) is 40.4. The van der Waals surface area contributed by atoms with Gasteiger partial charge in [-0.05, 0) is 112 Å². The minimum absolute atomic E-state index is 0.184. The van der Waals surface area contributed by atoms with Gasteiger partial charge in [-0.25, -0.2) is 0 Å². The van der Waals surface area contributed by atoms with Gasteiger partial charge in [0.1, 0.15) is 11.2 Å². The summed E-state index contributed by atoms with van der Waals surface area (Å²) in [6.07, 6.45) is 0. The molecule has 0 N–H and O–H groups in total. The monoisotopic (exact) mass is 654 g/mol. The minimum atomic E-state index is -0.430. The Balaban J connectivity index is 1.31. The number of benzene rings is 10. The van der Waals surface area contributed by atoms with Gasteiger partial charge in [-0.3, -0.25) is 0 Å². The average molecular weight is 655 g/mol. The van der Waals surface area contributed by atoms with Gasteiger partial charge in [0, 0.05) is 10.8 Å². The summed E-state index contributed by atoms with van der Waals surface area (Å²) < 4.78 is 79.9. The fraction of sp³-hybridized carbons (Fsp3) is 0. The lowest BCUT2D eigenvalue weighted by molar-refractivity contribution is 0.669. The fourth-order valence-electron chi connectivity index (χ4n) is 8.01. The molecule has 1 aromatic heterocycles. The zero-order valence-corrected chi connectivity index (χ0v) is 27.1. The van der Waals surface area contributed by atoms with Crippen LogP contribution in [-0.2, 0) is 0 Å². The third kappa shape index (κ3) is 4.22. The van der Waals surface area contributed by atoms with Crippen molar-refractivity contribution in [3.8, 4) is 33.4 Å². The molecule has 51 heavy (non-hydrogen) atoms. The summed E-state index contributed by atoms with van der Waals surface area (Å²) in [5.74, 6) is 0. The first kappa shape index (κ1) is 21.4. The lowest BCUT2D eigenvalue weighted by atomic mass is 9.84. The van der Waals surface area contributed by atoms with Gasteiger partial charge in [-0.2, -0.15) is 0 Å². The molecule has 0 saturated heterocycles. The van der Waals surface area contributed by atoms with Crippen molar-refractivity contribution in [1.29, 1.82) is 0 Å². The number of hydrogen-bond donors (Lipinski definition) is 0. The van der Waals surface area contributed by atoms with E-state index in [9.17, 15) is 5.48 Å². The second kappa shape index (κ2) is 10.9. The van der Waals surface area contributed by atoms with E-state index in [4.69, 9.17) is 9.90 Å². The number of hydrogen-bond acceptors (Lipinski definition) is 1. The van der Waals surface area contributed by atoms with Crippen molar-refractivity contribution >= 4 is 75.8 Å². The maximum Gasteiger partial charge on any atom is 0.136 e. The molecule has 0 unspecified atom stereocenters. The molecule has 0 bridgehead atoms. The summed E-state index contributed by atoms with van der Waals surface area (Å²) in [7, 11) is 0. The van der Waals surface area contributed by atoms with E-state index >= 15 is 0 Å². The van der Waals surface area contributed by atoms with Crippen LogP contribution in [0.1, 0.15) is 11.0 Å². The molecule has 0 amide bonds. The topological polar surface area (TPSA) is 13.1 Å². The van der Waals surface area contributed by atoms with E-state index in [1.165, 1.54) is 0 Å². The van der Waals surface area contributed by atoms with Crippen molar-refractivity contribution in [3.05, 3.63) is 182 Å². The Hall–Kier alpha value is -6.70. The Bertz CT molecular complexity index is 3580. The Morgan fingerprint density at radius 1 is 0.353 bits per heavy atom. The smallest absolute Gasteiger partial charge is 0.136 e. The van der Waals surface area contributed by atoms with Gasteiger partial charge in [-0.1, -0.05) is 158 Å². The summed E-state index contributed by atoms with van der Waals surface area (Å²) in [6.45, 7) is 0. The van der Waals surface area contributed by atoms with Gasteiger partial charge in [-0.15, -0.1) is 0 Å². The lowest BCUT2D eigenvalue weighted by Crippen LogP contribution is -1.92. The maximum atomic E-state index is 9.51. The fourth-order valence-corrected chi connectivity index (χ4v) is 8.01. The molecule has 1 nitrogen and oxygen atoms in total. The third-order valence-electron chi connectivity index (χ3n) is 10.3. The molecule has 0 spiro atoms. The largest absolute Gasteiger partial charge is 0.456 e. The van der Waals surface area contributed by atoms with Crippen LogP contribution in [0, 0.1) is 0 Å². The first-order valence-corrected chi connectivity index (χ1v) is 16.9. The highest BCUT2D eigenvalue weighted by Gasteiger charge is 2.20. The van der Waals surface area contributed by atoms with E-state index in [-0.39, 0.29) is 45.7 Å². The van der Waals surface area contributed by atoms with Crippen molar-refractivity contribution in [2.75, 3.05) is 0 Å². The quantitative estimate of drug-likeness (QED) is 0.173. The number of fused-ring (bicyclic) bond motifs is 9. The Labute approximate surface area is 305 Å². The Kier molecular flexibility index (Phi) is 4.57. The van der Waals surface area contributed by atoms with Gasteiger partial charge in [0.25, 0.3) is 0 Å². The maximum absolute atomic E-state index is 9.51. The highest BCUT2D eigenvalue weighted by atomic mass is 16.3. The molecule has 0 radical (unpaired) electrons. The summed E-state index contributed by atoms with van der Waals surface area (Å²) >= 11 is 0. The average Bonchev–Trinajstić information content (AvgIpc) is 3.67. The minimum Gasteiger partial charge on any atom is -0.456 e. The predicted octanol–water partition coefficient (Wildman–Crippen LogP) is 14.4. The number of rotatable bonds is 3. The molecule has 11 rings (SSSR count). The molecule has 0 atom stereocenters. The molecule has 0 aliphatic heterocycles. The van der Waals surface area contributed by atoms with Gasteiger partial charge in [0.2, 0.25) is 0 Å². The van der Waals surface area contributed by atoms with Crippen molar-refractivity contribution in [2.45, 2.75) is 0 Å². The van der Waals surface area contributed by atoms with E-state index in [1.54, 1.807) is 0 Å². The molecule has 0 saturated carbocycles. The molecule has 236 valence electrons. The van der Waals surface area contributed by atoms with Crippen molar-refractivity contribution < 1.29 is 15.4 Å². The molecule has 11 aromatic rings. The van der Waals surface area contributed by atoms with Gasteiger partial charge < -0.3 is 4.42 Å². The first-order chi connectivity index (χ1) is 28.6.